The quantitative estimate of drug-likeness (QED) is 0.552. The van der Waals surface area contributed by atoms with Crippen molar-refractivity contribution in [3.63, 3.8) is 0 Å². The van der Waals surface area contributed by atoms with E-state index in [0.29, 0.717) is 11.5 Å². The van der Waals surface area contributed by atoms with E-state index in [-0.39, 0.29) is 35.3 Å². The summed E-state index contributed by atoms with van der Waals surface area (Å²) in [6.07, 6.45) is 4.86. The van der Waals surface area contributed by atoms with Crippen LogP contribution < -0.4 is 9.47 Å². The molecule has 0 N–H and O–H groups in total. The molecule has 0 bridgehead atoms. The summed E-state index contributed by atoms with van der Waals surface area (Å²) in [5.74, 6) is -0.118. The highest BCUT2D eigenvalue weighted by Crippen LogP contribution is 2.65. The van der Waals surface area contributed by atoms with Crippen LogP contribution >= 0.6 is 0 Å². The van der Waals surface area contributed by atoms with Gasteiger partial charge in [-0.3, -0.25) is 9.59 Å². The number of fused-ring (bicyclic) bond motifs is 2. The van der Waals surface area contributed by atoms with Gasteiger partial charge in [-0.2, -0.15) is 0 Å². The number of esters is 2. The fraction of sp³-hybridized carbons (Fsp3) is 0.440. The van der Waals surface area contributed by atoms with Crippen molar-refractivity contribution in [1.29, 1.82) is 0 Å². The Balaban J connectivity index is 1.53. The molecule has 0 radical (unpaired) electrons. The van der Waals surface area contributed by atoms with Gasteiger partial charge in [0, 0.05) is 11.3 Å². The van der Waals surface area contributed by atoms with Crippen LogP contribution in [0.4, 0.5) is 0 Å². The number of hydrogen-bond acceptors (Lipinski definition) is 5. The van der Waals surface area contributed by atoms with E-state index in [2.05, 4.69) is 0 Å². The first-order valence-corrected chi connectivity index (χ1v) is 10.8. The second kappa shape index (κ2) is 7.46. The SMILES string of the molecule is COc1ccc(OC(=O)[C@H]2[C@@H](c3ccccc3)C3C(=O)OC3C23CCCCC3)cc1. The standard InChI is InChI=1S/C25H26O5/c1-28-17-10-12-18(13-11-17)29-24(27)21-19(16-8-4-2-5-9-16)20-22(30-23(20)26)25(21)14-6-3-7-15-25/h2,4-5,8-13,19-22H,3,6-7,14-15H2,1H3/t19-,20?,21+,22?/m0/s1. The van der Waals surface area contributed by atoms with Gasteiger partial charge in [-0.1, -0.05) is 49.6 Å². The Bertz CT molecular complexity index is 930. The van der Waals surface area contributed by atoms with E-state index in [4.69, 9.17) is 14.2 Å². The van der Waals surface area contributed by atoms with E-state index in [1.165, 1.54) is 0 Å². The lowest BCUT2D eigenvalue weighted by Crippen LogP contribution is -2.52. The van der Waals surface area contributed by atoms with Gasteiger partial charge in [0.1, 0.15) is 23.5 Å². The van der Waals surface area contributed by atoms with Crippen LogP contribution in [0.1, 0.15) is 43.6 Å². The molecule has 2 unspecified atom stereocenters. The van der Waals surface area contributed by atoms with Crippen molar-refractivity contribution in [2.75, 3.05) is 7.11 Å². The highest BCUT2D eigenvalue weighted by atomic mass is 16.6. The Morgan fingerprint density at radius 2 is 1.60 bits per heavy atom. The van der Waals surface area contributed by atoms with Crippen LogP contribution in [0.3, 0.4) is 0 Å². The summed E-state index contributed by atoms with van der Waals surface area (Å²) in [5, 5.41) is 0. The first-order valence-electron chi connectivity index (χ1n) is 10.8. The Morgan fingerprint density at radius 1 is 0.933 bits per heavy atom. The van der Waals surface area contributed by atoms with Crippen molar-refractivity contribution < 1.29 is 23.8 Å². The summed E-state index contributed by atoms with van der Waals surface area (Å²) in [4.78, 5) is 26.2. The molecule has 1 aliphatic heterocycles. The minimum Gasteiger partial charge on any atom is -0.497 e. The molecule has 0 aromatic heterocycles. The van der Waals surface area contributed by atoms with E-state index in [0.717, 1.165) is 37.7 Å². The molecule has 1 saturated heterocycles. The number of hydrogen-bond donors (Lipinski definition) is 0. The average molecular weight is 406 g/mol. The van der Waals surface area contributed by atoms with Gasteiger partial charge < -0.3 is 14.2 Å². The molecule has 1 spiro atoms. The van der Waals surface area contributed by atoms with E-state index in [1.807, 2.05) is 30.3 Å². The van der Waals surface area contributed by atoms with Gasteiger partial charge in [0.05, 0.1) is 13.0 Å². The number of ether oxygens (including phenoxy) is 3. The molecule has 2 saturated carbocycles. The third kappa shape index (κ3) is 2.91. The second-order valence-corrected chi connectivity index (χ2v) is 8.69. The monoisotopic (exact) mass is 406 g/mol. The number of rotatable bonds is 4. The van der Waals surface area contributed by atoms with Crippen LogP contribution in [0.5, 0.6) is 11.5 Å². The summed E-state index contributed by atoms with van der Waals surface area (Å²) < 4.78 is 16.8. The molecule has 5 rings (SSSR count). The largest absolute Gasteiger partial charge is 0.497 e. The molecule has 5 nitrogen and oxygen atoms in total. The Hall–Kier alpha value is -2.82. The third-order valence-electron chi connectivity index (χ3n) is 7.27. The lowest BCUT2D eigenvalue weighted by molar-refractivity contribution is -0.196. The second-order valence-electron chi connectivity index (χ2n) is 8.69. The van der Waals surface area contributed by atoms with E-state index in [9.17, 15) is 9.59 Å². The summed E-state index contributed by atoms with van der Waals surface area (Å²) in [6, 6.07) is 17.0. The van der Waals surface area contributed by atoms with Crippen molar-refractivity contribution in [2.45, 2.75) is 44.1 Å². The first kappa shape index (κ1) is 19.2. The van der Waals surface area contributed by atoms with Crippen LogP contribution in [-0.4, -0.2) is 25.2 Å². The number of methoxy groups -OCH3 is 1. The summed E-state index contributed by atoms with van der Waals surface area (Å²) in [7, 11) is 1.60. The molecule has 5 heteroatoms. The maximum absolute atomic E-state index is 13.6. The Morgan fingerprint density at radius 3 is 2.23 bits per heavy atom. The molecular weight excluding hydrogens is 380 g/mol. The summed E-state index contributed by atoms with van der Waals surface area (Å²) in [5.41, 5.74) is 0.684. The lowest BCUT2D eigenvalue weighted by atomic mass is 9.64. The zero-order valence-corrected chi connectivity index (χ0v) is 17.1. The highest BCUT2D eigenvalue weighted by Gasteiger charge is 2.71. The predicted octanol–water partition coefficient (Wildman–Crippen LogP) is 4.51. The molecule has 4 atom stereocenters. The normalized spacial score (nSPS) is 28.9. The smallest absolute Gasteiger partial charge is 0.315 e. The van der Waals surface area contributed by atoms with Crippen LogP contribution in [0.2, 0.25) is 0 Å². The molecule has 2 aromatic rings. The zero-order valence-electron chi connectivity index (χ0n) is 17.1. The molecule has 2 aliphatic carbocycles. The Labute approximate surface area is 176 Å². The van der Waals surface area contributed by atoms with Crippen molar-refractivity contribution in [1.82, 2.24) is 0 Å². The fourth-order valence-electron chi connectivity index (χ4n) is 5.97. The number of carbonyl (C=O) groups is 2. The van der Waals surface area contributed by atoms with E-state index < -0.39 is 5.92 Å². The van der Waals surface area contributed by atoms with Gasteiger partial charge in [0.25, 0.3) is 0 Å². The Kier molecular flexibility index (Phi) is 4.76. The fourth-order valence-corrected chi connectivity index (χ4v) is 5.97. The third-order valence-corrected chi connectivity index (χ3v) is 7.27. The molecule has 1 heterocycles. The van der Waals surface area contributed by atoms with Crippen LogP contribution in [0, 0.1) is 17.3 Å². The molecule has 2 aromatic carbocycles. The lowest BCUT2D eigenvalue weighted by Gasteiger charge is -2.45. The van der Waals surface area contributed by atoms with Crippen molar-refractivity contribution in [3.05, 3.63) is 60.2 Å². The van der Waals surface area contributed by atoms with Crippen molar-refractivity contribution in [2.24, 2.45) is 17.3 Å². The number of benzene rings is 2. The summed E-state index contributed by atoms with van der Waals surface area (Å²) >= 11 is 0. The van der Waals surface area contributed by atoms with Crippen LogP contribution in [-0.2, 0) is 14.3 Å². The van der Waals surface area contributed by atoms with E-state index in [1.54, 1.807) is 31.4 Å². The summed E-state index contributed by atoms with van der Waals surface area (Å²) in [6.45, 7) is 0. The minimum absolute atomic E-state index is 0.182. The van der Waals surface area contributed by atoms with Gasteiger partial charge in [-0.25, -0.2) is 0 Å². The molecule has 0 amide bonds. The van der Waals surface area contributed by atoms with Crippen LogP contribution in [0.15, 0.2) is 54.6 Å². The minimum atomic E-state index is -0.399. The maximum Gasteiger partial charge on any atom is 0.315 e. The molecular formula is C25H26O5. The average Bonchev–Trinajstić information content (AvgIpc) is 3.00. The van der Waals surface area contributed by atoms with Gasteiger partial charge in [-0.05, 0) is 42.7 Å². The van der Waals surface area contributed by atoms with Gasteiger partial charge >= 0.3 is 11.9 Å². The van der Waals surface area contributed by atoms with Crippen molar-refractivity contribution >= 4 is 11.9 Å². The topological polar surface area (TPSA) is 61.8 Å². The van der Waals surface area contributed by atoms with Gasteiger partial charge in [0.2, 0.25) is 0 Å². The predicted molar refractivity (Wildman–Crippen MR) is 110 cm³/mol. The molecule has 156 valence electrons. The molecule has 3 fully saturated rings. The molecule has 3 aliphatic rings. The van der Waals surface area contributed by atoms with Gasteiger partial charge in [-0.15, -0.1) is 0 Å². The van der Waals surface area contributed by atoms with Crippen molar-refractivity contribution in [3.8, 4) is 11.5 Å². The van der Waals surface area contributed by atoms with E-state index >= 15 is 0 Å². The first-order chi connectivity index (χ1) is 14.6. The highest BCUT2D eigenvalue weighted by molar-refractivity contribution is 5.87. The van der Waals surface area contributed by atoms with Crippen LogP contribution in [0.25, 0.3) is 0 Å². The zero-order chi connectivity index (χ0) is 20.7. The maximum atomic E-state index is 13.6. The number of carbonyl (C=O) groups excluding carboxylic acids is 2. The van der Waals surface area contributed by atoms with Gasteiger partial charge in [0.15, 0.2) is 0 Å². The molecule has 30 heavy (non-hydrogen) atoms.